The first kappa shape index (κ1) is 12.4. The fourth-order valence-corrected chi connectivity index (χ4v) is 3.11. The van der Waals surface area contributed by atoms with Gasteiger partial charge in [0.25, 0.3) is 0 Å². The van der Waals surface area contributed by atoms with Crippen LogP contribution >= 0.6 is 0 Å². The quantitative estimate of drug-likeness (QED) is 0.863. The van der Waals surface area contributed by atoms with Gasteiger partial charge in [-0.25, -0.2) is 0 Å². The van der Waals surface area contributed by atoms with Gasteiger partial charge in [0.1, 0.15) is 5.75 Å². The summed E-state index contributed by atoms with van der Waals surface area (Å²) in [4.78, 5) is 0. The van der Waals surface area contributed by atoms with E-state index in [1.807, 2.05) is 7.05 Å². The van der Waals surface area contributed by atoms with Crippen molar-refractivity contribution in [3.63, 3.8) is 0 Å². The van der Waals surface area contributed by atoms with E-state index in [1.165, 1.54) is 36.8 Å². The predicted molar refractivity (Wildman–Crippen MR) is 71.8 cm³/mol. The van der Waals surface area contributed by atoms with Gasteiger partial charge < -0.3 is 10.1 Å². The van der Waals surface area contributed by atoms with Crippen molar-refractivity contribution in [3.8, 4) is 5.75 Å². The fraction of sp³-hybridized carbons (Fsp3) is 0.600. The van der Waals surface area contributed by atoms with Gasteiger partial charge >= 0.3 is 0 Å². The van der Waals surface area contributed by atoms with Crippen LogP contribution in [0.25, 0.3) is 0 Å². The maximum atomic E-state index is 5.45. The van der Waals surface area contributed by atoms with Gasteiger partial charge in [0, 0.05) is 12.0 Å². The van der Waals surface area contributed by atoms with Crippen molar-refractivity contribution in [3.05, 3.63) is 29.3 Å². The highest BCUT2D eigenvalue weighted by molar-refractivity contribution is 5.40. The molecule has 94 valence electrons. The van der Waals surface area contributed by atoms with Crippen LogP contribution in [0.3, 0.4) is 0 Å². The van der Waals surface area contributed by atoms with Gasteiger partial charge in [-0.2, -0.15) is 0 Å². The Morgan fingerprint density at radius 2 is 2.00 bits per heavy atom. The van der Waals surface area contributed by atoms with Crippen molar-refractivity contribution in [2.45, 2.75) is 38.0 Å². The smallest absolute Gasteiger partial charge is 0.122 e. The van der Waals surface area contributed by atoms with Crippen molar-refractivity contribution >= 4 is 0 Å². The van der Waals surface area contributed by atoms with Gasteiger partial charge in [-0.1, -0.05) is 25.0 Å². The number of hydrogen-bond donors (Lipinski definition) is 1. The van der Waals surface area contributed by atoms with E-state index in [0.29, 0.717) is 5.41 Å². The molecule has 17 heavy (non-hydrogen) atoms. The first-order chi connectivity index (χ1) is 8.22. The maximum absolute atomic E-state index is 5.45. The number of ether oxygens (including phenoxy) is 1. The molecule has 1 aromatic carbocycles. The summed E-state index contributed by atoms with van der Waals surface area (Å²) in [5.41, 5.74) is 2.98. The highest BCUT2D eigenvalue weighted by Gasteiger charge is 2.35. The summed E-state index contributed by atoms with van der Waals surface area (Å²) in [6.45, 7) is 3.17. The minimum absolute atomic E-state index is 0.329. The maximum Gasteiger partial charge on any atom is 0.122 e. The van der Waals surface area contributed by atoms with Gasteiger partial charge in [-0.3, -0.25) is 0 Å². The first-order valence-corrected chi connectivity index (χ1v) is 6.51. The molecule has 2 heteroatoms. The molecule has 1 aliphatic carbocycles. The minimum atomic E-state index is 0.329. The van der Waals surface area contributed by atoms with Gasteiger partial charge in [0.15, 0.2) is 0 Å². The Balaban J connectivity index is 2.36. The molecule has 2 nitrogen and oxygen atoms in total. The summed E-state index contributed by atoms with van der Waals surface area (Å²) in [6, 6.07) is 6.70. The molecule has 0 unspecified atom stereocenters. The van der Waals surface area contributed by atoms with E-state index in [2.05, 4.69) is 30.4 Å². The number of likely N-dealkylation sites (N-methyl/N-ethyl adjacent to an activating group) is 1. The second kappa shape index (κ2) is 5.09. The van der Waals surface area contributed by atoms with Crippen LogP contribution in [0.5, 0.6) is 5.75 Å². The Labute approximate surface area is 104 Å². The third-order valence-electron chi connectivity index (χ3n) is 4.10. The Morgan fingerprint density at radius 3 is 2.59 bits per heavy atom. The van der Waals surface area contributed by atoms with Gasteiger partial charge in [0.05, 0.1) is 7.11 Å². The number of nitrogens with one attached hydrogen (secondary N) is 1. The van der Waals surface area contributed by atoms with Crippen LogP contribution in [0.4, 0.5) is 0 Å². The predicted octanol–water partition coefficient (Wildman–Crippen LogP) is 3.03. The van der Waals surface area contributed by atoms with E-state index in [4.69, 9.17) is 4.74 Å². The van der Waals surface area contributed by atoms with E-state index in [0.717, 1.165) is 12.3 Å². The van der Waals surface area contributed by atoms with Crippen LogP contribution in [0.2, 0.25) is 0 Å². The third-order valence-corrected chi connectivity index (χ3v) is 4.10. The van der Waals surface area contributed by atoms with Crippen molar-refractivity contribution in [2.75, 3.05) is 20.7 Å². The first-order valence-electron chi connectivity index (χ1n) is 6.51. The zero-order chi connectivity index (χ0) is 12.3. The van der Waals surface area contributed by atoms with Crippen LogP contribution in [0.15, 0.2) is 18.2 Å². The van der Waals surface area contributed by atoms with Crippen LogP contribution in [-0.4, -0.2) is 20.7 Å². The number of benzene rings is 1. The highest BCUT2D eigenvalue weighted by atomic mass is 16.5. The second-order valence-corrected chi connectivity index (χ2v) is 5.20. The number of rotatable bonds is 4. The van der Waals surface area contributed by atoms with Gasteiger partial charge in [-0.15, -0.1) is 0 Å². The summed E-state index contributed by atoms with van der Waals surface area (Å²) in [7, 11) is 3.80. The lowest BCUT2D eigenvalue weighted by Crippen LogP contribution is -2.34. The summed E-state index contributed by atoms with van der Waals surface area (Å²) in [5, 5.41) is 3.36. The fourth-order valence-electron chi connectivity index (χ4n) is 3.11. The van der Waals surface area contributed by atoms with Crippen LogP contribution < -0.4 is 10.1 Å². The minimum Gasteiger partial charge on any atom is -0.496 e. The lowest BCUT2D eigenvalue weighted by atomic mass is 9.78. The van der Waals surface area contributed by atoms with Crippen LogP contribution in [-0.2, 0) is 5.41 Å². The highest BCUT2D eigenvalue weighted by Crippen LogP contribution is 2.41. The molecule has 0 radical (unpaired) electrons. The summed E-state index contributed by atoms with van der Waals surface area (Å²) < 4.78 is 5.45. The molecule has 0 aromatic heterocycles. The van der Waals surface area contributed by atoms with Crippen molar-refractivity contribution in [2.24, 2.45) is 0 Å². The molecular weight excluding hydrogens is 210 g/mol. The average molecular weight is 233 g/mol. The molecule has 0 aliphatic heterocycles. The molecule has 1 aliphatic rings. The van der Waals surface area contributed by atoms with Crippen molar-refractivity contribution in [1.29, 1.82) is 0 Å². The molecule has 0 spiro atoms. The summed E-state index contributed by atoms with van der Waals surface area (Å²) in [6.07, 6.45) is 5.27. The Bertz CT molecular complexity index is 381. The average Bonchev–Trinajstić information content (AvgIpc) is 2.80. The zero-order valence-electron chi connectivity index (χ0n) is 11.2. The number of aryl methyl sites for hydroxylation is 1. The Hall–Kier alpha value is -1.02. The Kier molecular flexibility index (Phi) is 3.72. The van der Waals surface area contributed by atoms with Crippen molar-refractivity contribution in [1.82, 2.24) is 5.32 Å². The SMILES string of the molecule is CNCC1(c2ccc(C)c(OC)c2)CCCC1. The standard InChI is InChI=1S/C15H23NO/c1-12-6-7-13(10-14(12)17-3)15(11-16-2)8-4-5-9-15/h6-7,10,16H,4-5,8-9,11H2,1-3H3. The third kappa shape index (κ3) is 2.32. The van der Waals surface area contributed by atoms with E-state index in [-0.39, 0.29) is 0 Å². The molecule has 0 saturated heterocycles. The van der Waals surface area contributed by atoms with Crippen molar-refractivity contribution < 1.29 is 4.74 Å². The number of methoxy groups -OCH3 is 1. The van der Waals surface area contributed by atoms with E-state index in [1.54, 1.807) is 7.11 Å². The second-order valence-electron chi connectivity index (χ2n) is 5.20. The topological polar surface area (TPSA) is 21.3 Å². The summed E-state index contributed by atoms with van der Waals surface area (Å²) >= 11 is 0. The molecule has 1 aromatic rings. The molecule has 2 rings (SSSR count). The zero-order valence-corrected chi connectivity index (χ0v) is 11.2. The largest absolute Gasteiger partial charge is 0.496 e. The van der Waals surface area contributed by atoms with E-state index < -0.39 is 0 Å². The lowest BCUT2D eigenvalue weighted by molar-refractivity contribution is 0.398. The molecule has 1 saturated carbocycles. The monoisotopic (exact) mass is 233 g/mol. The molecule has 1 N–H and O–H groups in total. The normalized spacial score (nSPS) is 18.3. The molecule has 1 fully saturated rings. The molecular formula is C15H23NO. The van der Waals surface area contributed by atoms with Gasteiger partial charge in [-0.05, 0) is 44.0 Å². The molecule has 0 bridgehead atoms. The van der Waals surface area contributed by atoms with E-state index in [9.17, 15) is 0 Å². The molecule has 0 amide bonds. The molecule has 0 atom stereocenters. The number of hydrogen-bond acceptors (Lipinski definition) is 2. The van der Waals surface area contributed by atoms with E-state index >= 15 is 0 Å². The summed E-state index contributed by atoms with van der Waals surface area (Å²) in [5.74, 6) is 1.02. The molecule has 0 heterocycles. The Morgan fingerprint density at radius 1 is 1.29 bits per heavy atom. The van der Waals surface area contributed by atoms with Crippen LogP contribution in [0, 0.1) is 6.92 Å². The lowest BCUT2D eigenvalue weighted by Gasteiger charge is -2.30. The van der Waals surface area contributed by atoms with Gasteiger partial charge in [0.2, 0.25) is 0 Å². The van der Waals surface area contributed by atoms with Crippen LogP contribution in [0.1, 0.15) is 36.8 Å².